The summed E-state index contributed by atoms with van der Waals surface area (Å²) in [6.45, 7) is 4.49. The zero-order valence-electron chi connectivity index (χ0n) is 10.9. The summed E-state index contributed by atoms with van der Waals surface area (Å²) in [7, 11) is 0. The van der Waals surface area contributed by atoms with Gasteiger partial charge in [-0.3, -0.25) is 4.79 Å². The fourth-order valence-electron chi connectivity index (χ4n) is 2.59. The molecule has 0 aliphatic heterocycles. The molecule has 98 valence electrons. The lowest BCUT2D eigenvalue weighted by atomic mass is 9.96. The van der Waals surface area contributed by atoms with Crippen molar-refractivity contribution in [2.75, 3.05) is 0 Å². The van der Waals surface area contributed by atoms with Gasteiger partial charge in [0.1, 0.15) is 0 Å². The Morgan fingerprint density at radius 3 is 2.76 bits per heavy atom. The molecule has 0 saturated heterocycles. The third-order valence-electron chi connectivity index (χ3n) is 4.00. The average molecular weight is 256 g/mol. The van der Waals surface area contributed by atoms with E-state index in [1.54, 1.807) is 0 Å². The molecule has 0 heterocycles. The second kappa shape index (κ2) is 5.19. The van der Waals surface area contributed by atoms with E-state index in [9.17, 15) is 4.79 Å². The minimum absolute atomic E-state index is 0.142. The van der Waals surface area contributed by atoms with E-state index in [2.05, 4.69) is 19.2 Å². The normalized spacial score (nSPS) is 34.8. The lowest BCUT2D eigenvalue weighted by Gasteiger charge is -2.27. The number of primary amides is 1. The van der Waals surface area contributed by atoms with Crippen LogP contribution in [0.2, 0.25) is 0 Å². The van der Waals surface area contributed by atoms with Gasteiger partial charge >= 0.3 is 0 Å². The van der Waals surface area contributed by atoms with Gasteiger partial charge in [0.2, 0.25) is 5.91 Å². The minimum Gasteiger partial charge on any atom is -0.368 e. The molecule has 17 heavy (non-hydrogen) atoms. The van der Waals surface area contributed by atoms with Gasteiger partial charge in [-0.05, 0) is 38.5 Å². The third-order valence-corrected chi connectivity index (χ3v) is 5.58. The van der Waals surface area contributed by atoms with Gasteiger partial charge < -0.3 is 11.1 Å². The molecule has 2 saturated carbocycles. The van der Waals surface area contributed by atoms with Crippen LogP contribution in [0.5, 0.6) is 0 Å². The second-order valence-electron chi connectivity index (χ2n) is 5.58. The van der Waals surface area contributed by atoms with Crippen LogP contribution in [-0.4, -0.2) is 28.0 Å². The first kappa shape index (κ1) is 13.2. The number of amides is 1. The first-order valence-electron chi connectivity index (χ1n) is 6.79. The Morgan fingerprint density at radius 2 is 2.24 bits per heavy atom. The van der Waals surface area contributed by atoms with Gasteiger partial charge in [-0.15, -0.1) is 0 Å². The molecule has 0 spiro atoms. The van der Waals surface area contributed by atoms with Crippen LogP contribution in [0.1, 0.15) is 52.4 Å². The number of nitrogens with one attached hydrogen (secondary N) is 1. The maximum absolute atomic E-state index is 11.7. The van der Waals surface area contributed by atoms with Crippen molar-refractivity contribution in [3.8, 4) is 0 Å². The van der Waals surface area contributed by atoms with E-state index in [-0.39, 0.29) is 5.91 Å². The van der Waals surface area contributed by atoms with Gasteiger partial charge in [0.25, 0.3) is 0 Å². The van der Waals surface area contributed by atoms with E-state index >= 15 is 0 Å². The van der Waals surface area contributed by atoms with E-state index in [0.717, 1.165) is 19.3 Å². The van der Waals surface area contributed by atoms with E-state index in [1.807, 2.05) is 11.8 Å². The molecule has 0 radical (unpaired) electrons. The molecule has 4 heteroatoms. The lowest BCUT2D eigenvalue weighted by Crippen LogP contribution is -2.54. The Kier molecular flexibility index (Phi) is 4.03. The smallest absolute Gasteiger partial charge is 0.237 e. The van der Waals surface area contributed by atoms with Crippen LogP contribution in [0.15, 0.2) is 0 Å². The van der Waals surface area contributed by atoms with Crippen LogP contribution >= 0.6 is 11.8 Å². The molecule has 3 N–H and O–H groups in total. The molecule has 3 unspecified atom stereocenters. The van der Waals surface area contributed by atoms with Crippen LogP contribution in [0, 0.1) is 0 Å². The van der Waals surface area contributed by atoms with Crippen molar-refractivity contribution < 1.29 is 4.79 Å². The average Bonchev–Trinajstić information content (AvgIpc) is 2.99. The first-order chi connectivity index (χ1) is 8.05. The maximum atomic E-state index is 11.7. The molecule has 2 rings (SSSR count). The Morgan fingerprint density at radius 1 is 1.53 bits per heavy atom. The molecule has 2 aliphatic carbocycles. The van der Waals surface area contributed by atoms with Crippen molar-refractivity contribution in [3.05, 3.63) is 0 Å². The predicted molar refractivity (Wildman–Crippen MR) is 73.1 cm³/mol. The second-order valence-corrected chi connectivity index (χ2v) is 7.33. The van der Waals surface area contributed by atoms with Gasteiger partial charge in [0.05, 0.1) is 5.54 Å². The fraction of sp³-hybridized carbons (Fsp3) is 0.923. The summed E-state index contributed by atoms with van der Waals surface area (Å²) in [6, 6.07) is 0.551. The molecule has 3 atom stereocenters. The van der Waals surface area contributed by atoms with Crippen LogP contribution in [-0.2, 0) is 4.79 Å². The topological polar surface area (TPSA) is 55.1 Å². The van der Waals surface area contributed by atoms with Crippen molar-refractivity contribution in [2.24, 2.45) is 5.73 Å². The van der Waals surface area contributed by atoms with E-state index in [1.165, 1.54) is 19.3 Å². The molecular formula is C13H24N2OS. The minimum atomic E-state index is -0.397. The van der Waals surface area contributed by atoms with Gasteiger partial charge in [0.15, 0.2) is 0 Å². The molecule has 2 fully saturated rings. The van der Waals surface area contributed by atoms with Gasteiger partial charge in [-0.25, -0.2) is 0 Å². The Hall–Kier alpha value is -0.220. The molecule has 1 amide bonds. The SMILES string of the molecule is CCC(C)SC1CCC(NC2CC2)(C(N)=O)C1. The van der Waals surface area contributed by atoms with Crippen LogP contribution in [0.4, 0.5) is 0 Å². The molecule has 0 aromatic rings. The Balaban J connectivity index is 1.93. The highest BCUT2D eigenvalue weighted by Gasteiger charge is 2.46. The van der Waals surface area contributed by atoms with E-state index in [0.29, 0.717) is 16.5 Å². The number of nitrogens with two attached hydrogens (primary N) is 1. The highest BCUT2D eigenvalue weighted by molar-refractivity contribution is 8.00. The summed E-state index contributed by atoms with van der Waals surface area (Å²) < 4.78 is 0. The molecule has 0 aromatic carbocycles. The monoisotopic (exact) mass is 256 g/mol. The number of hydrogen-bond donors (Lipinski definition) is 2. The molecule has 3 nitrogen and oxygen atoms in total. The summed E-state index contributed by atoms with van der Waals surface area (Å²) >= 11 is 2.03. The quantitative estimate of drug-likeness (QED) is 0.764. The summed E-state index contributed by atoms with van der Waals surface area (Å²) in [5.41, 5.74) is 5.23. The zero-order chi connectivity index (χ0) is 12.5. The molecular weight excluding hydrogens is 232 g/mol. The summed E-state index contributed by atoms with van der Waals surface area (Å²) in [4.78, 5) is 11.7. The highest BCUT2D eigenvalue weighted by Crippen LogP contribution is 2.40. The van der Waals surface area contributed by atoms with Crippen molar-refractivity contribution in [2.45, 2.75) is 74.5 Å². The highest BCUT2D eigenvalue weighted by atomic mass is 32.2. The Bertz CT molecular complexity index is 293. The van der Waals surface area contributed by atoms with Crippen molar-refractivity contribution in [1.82, 2.24) is 5.32 Å². The largest absolute Gasteiger partial charge is 0.368 e. The molecule has 0 aromatic heterocycles. The van der Waals surface area contributed by atoms with Crippen LogP contribution < -0.4 is 11.1 Å². The van der Waals surface area contributed by atoms with E-state index < -0.39 is 5.54 Å². The van der Waals surface area contributed by atoms with Crippen molar-refractivity contribution in [1.29, 1.82) is 0 Å². The summed E-state index contributed by atoms with van der Waals surface area (Å²) in [5, 5.41) is 4.78. The zero-order valence-corrected chi connectivity index (χ0v) is 11.7. The van der Waals surface area contributed by atoms with Crippen LogP contribution in [0.3, 0.4) is 0 Å². The molecule has 0 bridgehead atoms. The number of carbonyl (C=O) groups is 1. The molecule has 2 aliphatic rings. The van der Waals surface area contributed by atoms with Crippen molar-refractivity contribution >= 4 is 17.7 Å². The van der Waals surface area contributed by atoms with Crippen LogP contribution in [0.25, 0.3) is 0 Å². The summed E-state index contributed by atoms with van der Waals surface area (Å²) in [5.74, 6) is -0.142. The number of carbonyl (C=O) groups excluding carboxylic acids is 1. The van der Waals surface area contributed by atoms with Gasteiger partial charge in [-0.2, -0.15) is 11.8 Å². The summed E-state index contributed by atoms with van der Waals surface area (Å²) in [6.07, 6.45) is 6.58. The van der Waals surface area contributed by atoms with E-state index in [4.69, 9.17) is 5.73 Å². The van der Waals surface area contributed by atoms with Gasteiger partial charge in [0, 0.05) is 16.5 Å². The maximum Gasteiger partial charge on any atom is 0.237 e. The van der Waals surface area contributed by atoms with Gasteiger partial charge in [-0.1, -0.05) is 13.8 Å². The third kappa shape index (κ3) is 3.16. The fourth-order valence-corrected chi connectivity index (χ4v) is 4.07. The Labute approximate surface area is 108 Å². The number of thioether (sulfide) groups is 1. The number of hydrogen-bond acceptors (Lipinski definition) is 3. The lowest BCUT2D eigenvalue weighted by molar-refractivity contribution is -0.124. The first-order valence-corrected chi connectivity index (χ1v) is 7.73. The van der Waals surface area contributed by atoms with Crippen molar-refractivity contribution in [3.63, 3.8) is 0 Å². The number of rotatable bonds is 6. The predicted octanol–water partition coefficient (Wildman–Crippen LogP) is 2.05. The standard InChI is InChI=1S/C13H24N2OS/c1-3-9(2)17-11-6-7-13(8-11,12(14)16)15-10-4-5-10/h9-11,15H,3-8H2,1-2H3,(H2,14,16).